The zero-order chi connectivity index (χ0) is 28.3. The van der Waals surface area contributed by atoms with E-state index in [4.69, 9.17) is 9.47 Å². The molecule has 5 heteroatoms. The Balaban J connectivity index is 1.78. The minimum atomic E-state index is -0.315. The summed E-state index contributed by atoms with van der Waals surface area (Å²) in [4.78, 5) is 24.1. The maximum atomic E-state index is 12.4. The second kappa shape index (κ2) is 10.1. The molecule has 2 fully saturated rings. The van der Waals surface area contributed by atoms with Gasteiger partial charge in [-0.1, -0.05) is 71.8 Å². The molecule has 0 unspecified atom stereocenters. The largest absolute Gasteiger partial charge is 0.464 e. The molecule has 0 bridgehead atoms. The van der Waals surface area contributed by atoms with Crippen LogP contribution in [0.3, 0.4) is 0 Å². The van der Waals surface area contributed by atoms with Gasteiger partial charge in [-0.05, 0) is 85.9 Å². The number of carbonyl (C=O) groups excluding carboxylic acids is 2. The third-order valence-electron chi connectivity index (χ3n) is 12.4. The maximum absolute atomic E-state index is 12.4. The van der Waals surface area contributed by atoms with Gasteiger partial charge in [-0.15, -0.1) is 0 Å². The molecule has 0 heterocycles. The van der Waals surface area contributed by atoms with E-state index in [2.05, 4.69) is 55.0 Å². The van der Waals surface area contributed by atoms with E-state index >= 15 is 0 Å². The first kappa shape index (κ1) is 29.4. The first-order chi connectivity index (χ1) is 17.6. The van der Waals surface area contributed by atoms with Crippen molar-refractivity contribution in [2.24, 2.45) is 39.4 Å². The Kier molecular flexibility index (Phi) is 7.80. The number of allylic oxidation sites excluding steroid dienone is 2. The first-order valence-corrected chi connectivity index (χ1v) is 15.0. The number of hydrogen-bond donors (Lipinski definition) is 1. The molecule has 8 atom stereocenters. The molecule has 0 aromatic heterocycles. The lowest BCUT2D eigenvalue weighted by Crippen LogP contribution is -2.56. The molecule has 1 N–H and O–H groups in total. The molecule has 0 aromatic carbocycles. The summed E-state index contributed by atoms with van der Waals surface area (Å²) in [7, 11) is 0. The van der Waals surface area contributed by atoms with Crippen LogP contribution in [-0.2, 0) is 19.1 Å². The summed E-state index contributed by atoms with van der Waals surface area (Å²) in [5, 5.41) is 10.9. The third-order valence-corrected chi connectivity index (χ3v) is 12.4. The molecule has 0 aliphatic heterocycles. The number of esters is 1. The number of fused-ring (bicyclic) bond motifs is 4. The summed E-state index contributed by atoms with van der Waals surface area (Å²) in [5.74, 6) is 0.686. The molecule has 0 spiro atoms. The summed E-state index contributed by atoms with van der Waals surface area (Å²) in [6, 6.07) is 0. The summed E-state index contributed by atoms with van der Waals surface area (Å²) in [5.41, 5.74) is 3.68. The average Bonchev–Trinajstić information content (AvgIpc) is 3.06. The molecule has 214 valence electrons. The number of rotatable bonds is 8. The van der Waals surface area contributed by atoms with Crippen molar-refractivity contribution < 1.29 is 24.2 Å². The average molecular weight is 529 g/mol. The Labute approximate surface area is 230 Å². The van der Waals surface area contributed by atoms with E-state index in [1.54, 1.807) is 5.57 Å². The van der Waals surface area contributed by atoms with Gasteiger partial charge in [0.1, 0.15) is 12.2 Å². The number of carbonyl (C=O) groups is 2. The highest BCUT2D eigenvalue weighted by Gasteiger charge is 2.68. The molecule has 5 nitrogen and oxygen atoms in total. The molecular formula is C33H52O5. The SMILES string of the molecule is C=C(CC[C@@H](OC=O)[C@H]1C[C@H](OC(C)=O)[C@@]2(C)C3=C(CC[C@]12C)[C@@]1(C)CC[C@H](O)C(C)(C)[C@@H]1CC3)C(C)C. The van der Waals surface area contributed by atoms with E-state index in [1.165, 1.54) is 18.1 Å². The molecule has 38 heavy (non-hydrogen) atoms. The van der Waals surface area contributed by atoms with Crippen LogP contribution < -0.4 is 0 Å². The summed E-state index contributed by atoms with van der Waals surface area (Å²) >= 11 is 0. The Hall–Kier alpha value is -1.62. The molecule has 4 rings (SSSR count). The van der Waals surface area contributed by atoms with Crippen molar-refractivity contribution in [2.75, 3.05) is 0 Å². The van der Waals surface area contributed by atoms with Gasteiger partial charge in [-0.25, -0.2) is 0 Å². The van der Waals surface area contributed by atoms with Crippen LogP contribution in [0, 0.1) is 39.4 Å². The maximum Gasteiger partial charge on any atom is 0.302 e. The highest BCUT2D eigenvalue weighted by molar-refractivity contribution is 5.66. The van der Waals surface area contributed by atoms with Crippen molar-refractivity contribution in [1.29, 1.82) is 0 Å². The van der Waals surface area contributed by atoms with Gasteiger partial charge in [0.2, 0.25) is 0 Å². The summed E-state index contributed by atoms with van der Waals surface area (Å²) in [6.07, 6.45) is 7.41. The minimum absolute atomic E-state index is 0.0488. The van der Waals surface area contributed by atoms with E-state index in [9.17, 15) is 14.7 Å². The van der Waals surface area contributed by atoms with Gasteiger partial charge < -0.3 is 14.6 Å². The second-order valence-electron chi connectivity index (χ2n) is 14.5. The first-order valence-electron chi connectivity index (χ1n) is 15.0. The van der Waals surface area contributed by atoms with Crippen molar-refractivity contribution in [2.45, 2.75) is 131 Å². The lowest BCUT2D eigenvalue weighted by Gasteiger charge is -2.62. The van der Waals surface area contributed by atoms with Crippen LogP contribution in [0.15, 0.2) is 23.3 Å². The van der Waals surface area contributed by atoms with Crippen LogP contribution in [0.25, 0.3) is 0 Å². The molecule has 2 saturated carbocycles. The Morgan fingerprint density at radius 3 is 2.39 bits per heavy atom. The zero-order valence-corrected chi connectivity index (χ0v) is 25.2. The summed E-state index contributed by atoms with van der Waals surface area (Å²) in [6.45, 7) is 22.3. The normalized spacial score (nSPS) is 40.6. The van der Waals surface area contributed by atoms with E-state index < -0.39 is 0 Å². The Morgan fingerprint density at radius 2 is 1.79 bits per heavy atom. The summed E-state index contributed by atoms with van der Waals surface area (Å²) < 4.78 is 12.0. The van der Waals surface area contributed by atoms with Gasteiger partial charge in [-0.2, -0.15) is 0 Å². The van der Waals surface area contributed by atoms with E-state index in [0.717, 1.165) is 51.4 Å². The topological polar surface area (TPSA) is 72.8 Å². The minimum Gasteiger partial charge on any atom is -0.464 e. The predicted molar refractivity (Wildman–Crippen MR) is 150 cm³/mol. The van der Waals surface area contributed by atoms with Crippen LogP contribution >= 0.6 is 0 Å². The molecule has 0 aromatic rings. The van der Waals surface area contributed by atoms with Crippen molar-refractivity contribution in [3.63, 3.8) is 0 Å². The Bertz CT molecular complexity index is 993. The van der Waals surface area contributed by atoms with Gasteiger partial charge in [0, 0.05) is 18.3 Å². The lowest BCUT2D eigenvalue weighted by atomic mass is 9.43. The van der Waals surface area contributed by atoms with Crippen molar-refractivity contribution >= 4 is 12.4 Å². The van der Waals surface area contributed by atoms with Gasteiger partial charge in [0.15, 0.2) is 0 Å². The van der Waals surface area contributed by atoms with E-state index in [1.807, 2.05) is 0 Å². The van der Waals surface area contributed by atoms with E-state index in [0.29, 0.717) is 24.7 Å². The fourth-order valence-electron chi connectivity index (χ4n) is 9.71. The molecule has 0 amide bonds. The standard InChI is InChI=1S/C33H52O5/c1-20(2)21(3)10-12-26(37-19-34)25-18-29(38-22(4)35)33(9)24-11-13-27-30(5,6)28(36)15-16-31(27,7)23(24)14-17-32(25,33)8/h19-20,25-29,36H,3,10-18H2,1-2,4-9H3/t25-,26-,27+,28+,29+,31-,32-,33-/m1/s1. The lowest BCUT2D eigenvalue weighted by molar-refractivity contribution is -0.153. The fraction of sp³-hybridized carbons (Fsp3) is 0.818. The number of aliphatic hydroxyl groups excluding tert-OH is 1. The van der Waals surface area contributed by atoms with Crippen LogP contribution in [0.4, 0.5) is 0 Å². The van der Waals surface area contributed by atoms with Crippen LogP contribution in [0.2, 0.25) is 0 Å². The van der Waals surface area contributed by atoms with E-state index in [-0.39, 0.29) is 51.9 Å². The zero-order valence-electron chi connectivity index (χ0n) is 25.2. The highest BCUT2D eigenvalue weighted by Crippen LogP contribution is 2.72. The number of aliphatic hydroxyl groups is 1. The molecular weight excluding hydrogens is 476 g/mol. The third kappa shape index (κ3) is 4.30. The van der Waals surface area contributed by atoms with Crippen LogP contribution in [0.1, 0.15) is 113 Å². The quantitative estimate of drug-likeness (QED) is 0.205. The molecule has 0 saturated heterocycles. The number of hydrogen-bond acceptors (Lipinski definition) is 5. The van der Waals surface area contributed by atoms with Crippen LogP contribution in [0.5, 0.6) is 0 Å². The monoisotopic (exact) mass is 528 g/mol. The van der Waals surface area contributed by atoms with Gasteiger partial charge in [-0.3, -0.25) is 9.59 Å². The van der Waals surface area contributed by atoms with Gasteiger partial charge in [0.05, 0.1) is 6.10 Å². The van der Waals surface area contributed by atoms with Gasteiger partial charge >= 0.3 is 5.97 Å². The van der Waals surface area contributed by atoms with Crippen LogP contribution in [-0.4, -0.2) is 35.9 Å². The number of ether oxygens (including phenoxy) is 2. The van der Waals surface area contributed by atoms with Crippen molar-refractivity contribution in [1.82, 2.24) is 0 Å². The molecule has 0 radical (unpaired) electrons. The highest BCUT2D eigenvalue weighted by atomic mass is 16.5. The molecule has 4 aliphatic rings. The van der Waals surface area contributed by atoms with Crippen molar-refractivity contribution in [3.8, 4) is 0 Å². The Morgan fingerprint density at radius 1 is 1.11 bits per heavy atom. The second-order valence-corrected chi connectivity index (χ2v) is 14.5. The predicted octanol–water partition coefficient (Wildman–Crippen LogP) is 7.17. The van der Waals surface area contributed by atoms with Crippen molar-refractivity contribution in [3.05, 3.63) is 23.3 Å². The van der Waals surface area contributed by atoms with Gasteiger partial charge in [0.25, 0.3) is 6.47 Å². The molecule has 4 aliphatic carbocycles. The smallest absolute Gasteiger partial charge is 0.302 e. The fourth-order valence-corrected chi connectivity index (χ4v) is 9.71.